The van der Waals surface area contributed by atoms with E-state index in [9.17, 15) is 4.79 Å². The van der Waals surface area contributed by atoms with Gasteiger partial charge in [0.25, 0.3) is 0 Å². The van der Waals surface area contributed by atoms with Crippen LogP contribution in [0.25, 0.3) is 0 Å². The van der Waals surface area contributed by atoms with E-state index in [1.807, 2.05) is 0 Å². The lowest BCUT2D eigenvalue weighted by molar-refractivity contribution is -0.121. The van der Waals surface area contributed by atoms with Crippen molar-refractivity contribution in [3.05, 3.63) is 0 Å². The lowest BCUT2D eigenvalue weighted by atomic mass is 9.95. The summed E-state index contributed by atoms with van der Waals surface area (Å²) in [7, 11) is 0. The largest absolute Gasteiger partial charge is 0.352 e. The highest BCUT2D eigenvalue weighted by atomic mass is 16.1. The third-order valence-corrected chi connectivity index (χ3v) is 3.41. The van der Waals surface area contributed by atoms with Crippen LogP contribution in [-0.2, 0) is 4.79 Å². The Kier molecular flexibility index (Phi) is 6.56. The Labute approximate surface area is 106 Å². The molecule has 1 amide bonds. The summed E-state index contributed by atoms with van der Waals surface area (Å²) in [5.74, 6) is 0.839. The van der Waals surface area contributed by atoms with E-state index in [0.717, 1.165) is 19.3 Å². The number of nitrogens with one attached hydrogen (secondary N) is 2. The van der Waals surface area contributed by atoms with Gasteiger partial charge in [0.15, 0.2) is 0 Å². The van der Waals surface area contributed by atoms with Gasteiger partial charge in [0, 0.05) is 12.1 Å². The van der Waals surface area contributed by atoms with Gasteiger partial charge in [-0.3, -0.25) is 4.79 Å². The molecular formula is C14H28N2O. The molecule has 1 unspecified atom stereocenters. The first-order valence-corrected chi connectivity index (χ1v) is 7.10. The van der Waals surface area contributed by atoms with E-state index in [1.54, 1.807) is 0 Å². The average molecular weight is 240 g/mol. The van der Waals surface area contributed by atoms with Gasteiger partial charge < -0.3 is 10.6 Å². The van der Waals surface area contributed by atoms with Crippen LogP contribution < -0.4 is 10.6 Å². The van der Waals surface area contributed by atoms with Crippen LogP contribution >= 0.6 is 0 Å². The van der Waals surface area contributed by atoms with Crippen LogP contribution in [0.15, 0.2) is 0 Å². The SMILES string of the molecule is CC(C)CC(C)NCC(=O)NC1CCCCC1. The standard InChI is InChI=1S/C14H28N2O/c1-11(2)9-12(3)15-10-14(17)16-13-7-5-4-6-8-13/h11-13,15H,4-10H2,1-3H3,(H,16,17). The number of carbonyl (C=O) groups is 1. The van der Waals surface area contributed by atoms with Crippen molar-refractivity contribution in [2.24, 2.45) is 5.92 Å². The van der Waals surface area contributed by atoms with E-state index in [1.165, 1.54) is 19.3 Å². The second-order valence-corrected chi connectivity index (χ2v) is 5.81. The number of rotatable bonds is 6. The van der Waals surface area contributed by atoms with Crippen molar-refractivity contribution in [3.63, 3.8) is 0 Å². The fraction of sp³-hybridized carbons (Fsp3) is 0.929. The van der Waals surface area contributed by atoms with Crippen molar-refractivity contribution in [3.8, 4) is 0 Å². The molecule has 3 heteroatoms. The van der Waals surface area contributed by atoms with Crippen LogP contribution in [0.2, 0.25) is 0 Å². The Morgan fingerprint density at radius 3 is 2.41 bits per heavy atom. The minimum Gasteiger partial charge on any atom is -0.352 e. The molecule has 1 aliphatic rings. The topological polar surface area (TPSA) is 41.1 Å². The normalized spacial score (nSPS) is 19.3. The smallest absolute Gasteiger partial charge is 0.234 e. The van der Waals surface area contributed by atoms with Crippen molar-refractivity contribution in [2.45, 2.75) is 71.4 Å². The molecule has 0 aromatic carbocycles. The molecule has 0 heterocycles. The van der Waals surface area contributed by atoms with Crippen LogP contribution in [-0.4, -0.2) is 24.5 Å². The minimum atomic E-state index is 0.160. The number of amides is 1. The summed E-state index contributed by atoms with van der Waals surface area (Å²) in [4.78, 5) is 11.7. The van der Waals surface area contributed by atoms with Crippen molar-refractivity contribution in [1.29, 1.82) is 0 Å². The maximum atomic E-state index is 11.7. The van der Waals surface area contributed by atoms with E-state index in [2.05, 4.69) is 31.4 Å². The third-order valence-electron chi connectivity index (χ3n) is 3.41. The maximum Gasteiger partial charge on any atom is 0.234 e. The van der Waals surface area contributed by atoms with Crippen molar-refractivity contribution >= 4 is 5.91 Å². The monoisotopic (exact) mass is 240 g/mol. The van der Waals surface area contributed by atoms with Gasteiger partial charge in [0.1, 0.15) is 0 Å². The average Bonchev–Trinajstić information content (AvgIpc) is 2.27. The predicted molar refractivity (Wildman–Crippen MR) is 71.9 cm³/mol. The van der Waals surface area contributed by atoms with E-state index in [0.29, 0.717) is 24.5 Å². The molecule has 2 N–H and O–H groups in total. The minimum absolute atomic E-state index is 0.160. The first-order chi connectivity index (χ1) is 8.08. The first-order valence-electron chi connectivity index (χ1n) is 7.10. The van der Waals surface area contributed by atoms with Gasteiger partial charge >= 0.3 is 0 Å². The molecule has 0 aliphatic heterocycles. The van der Waals surface area contributed by atoms with Crippen molar-refractivity contribution in [2.75, 3.05) is 6.54 Å². The molecule has 100 valence electrons. The quantitative estimate of drug-likeness (QED) is 0.749. The predicted octanol–water partition coefficient (Wildman–Crippen LogP) is 2.46. The maximum absolute atomic E-state index is 11.7. The second-order valence-electron chi connectivity index (χ2n) is 5.81. The molecular weight excluding hydrogens is 212 g/mol. The Hall–Kier alpha value is -0.570. The van der Waals surface area contributed by atoms with Gasteiger partial charge in [-0.1, -0.05) is 33.1 Å². The van der Waals surface area contributed by atoms with Crippen molar-refractivity contribution in [1.82, 2.24) is 10.6 Å². The summed E-state index contributed by atoms with van der Waals surface area (Å²) >= 11 is 0. The summed E-state index contributed by atoms with van der Waals surface area (Å²) in [5.41, 5.74) is 0. The Morgan fingerprint density at radius 1 is 1.18 bits per heavy atom. The molecule has 0 radical (unpaired) electrons. The third kappa shape index (κ3) is 6.67. The fourth-order valence-electron chi connectivity index (χ4n) is 2.58. The van der Waals surface area contributed by atoms with E-state index >= 15 is 0 Å². The highest BCUT2D eigenvalue weighted by molar-refractivity contribution is 5.78. The lowest BCUT2D eigenvalue weighted by Crippen LogP contribution is -2.43. The molecule has 0 saturated heterocycles. The highest BCUT2D eigenvalue weighted by Crippen LogP contribution is 2.17. The lowest BCUT2D eigenvalue weighted by Gasteiger charge is -2.23. The highest BCUT2D eigenvalue weighted by Gasteiger charge is 2.15. The van der Waals surface area contributed by atoms with Gasteiger partial charge in [-0.25, -0.2) is 0 Å². The Morgan fingerprint density at radius 2 is 1.82 bits per heavy atom. The number of carbonyl (C=O) groups excluding carboxylic acids is 1. The van der Waals surface area contributed by atoms with E-state index < -0.39 is 0 Å². The number of hydrogen-bond acceptors (Lipinski definition) is 2. The zero-order chi connectivity index (χ0) is 12.7. The first kappa shape index (κ1) is 14.5. The summed E-state index contributed by atoms with van der Waals surface area (Å²) in [6, 6.07) is 0.852. The molecule has 0 aromatic heterocycles. The van der Waals surface area contributed by atoms with E-state index in [4.69, 9.17) is 0 Å². The molecule has 1 atom stereocenters. The molecule has 1 fully saturated rings. The molecule has 0 spiro atoms. The summed E-state index contributed by atoms with van der Waals surface area (Å²) < 4.78 is 0. The Bertz CT molecular complexity index is 222. The molecule has 0 bridgehead atoms. The molecule has 3 nitrogen and oxygen atoms in total. The van der Waals surface area contributed by atoms with Gasteiger partial charge in [0.05, 0.1) is 6.54 Å². The van der Waals surface area contributed by atoms with Crippen LogP contribution in [0.5, 0.6) is 0 Å². The van der Waals surface area contributed by atoms with Crippen molar-refractivity contribution < 1.29 is 4.79 Å². The summed E-state index contributed by atoms with van der Waals surface area (Å²) in [5, 5.41) is 6.42. The van der Waals surface area contributed by atoms with Crippen LogP contribution in [0.1, 0.15) is 59.3 Å². The molecule has 0 aromatic rings. The summed E-state index contributed by atoms with van der Waals surface area (Å²) in [6.45, 7) is 7.03. The van der Waals surface area contributed by atoms with Gasteiger partial charge in [-0.2, -0.15) is 0 Å². The second kappa shape index (κ2) is 7.70. The van der Waals surface area contributed by atoms with E-state index in [-0.39, 0.29) is 5.91 Å². The van der Waals surface area contributed by atoms with Gasteiger partial charge in [0.2, 0.25) is 5.91 Å². The molecule has 17 heavy (non-hydrogen) atoms. The van der Waals surface area contributed by atoms with Gasteiger partial charge in [-0.05, 0) is 32.1 Å². The molecule has 1 saturated carbocycles. The molecule has 1 rings (SSSR count). The zero-order valence-electron chi connectivity index (χ0n) is 11.6. The fourth-order valence-corrected chi connectivity index (χ4v) is 2.58. The van der Waals surface area contributed by atoms with Crippen LogP contribution in [0, 0.1) is 5.92 Å². The zero-order valence-corrected chi connectivity index (χ0v) is 11.6. The van der Waals surface area contributed by atoms with Gasteiger partial charge in [-0.15, -0.1) is 0 Å². The van der Waals surface area contributed by atoms with Crippen LogP contribution in [0.3, 0.4) is 0 Å². The Balaban J connectivity index is 2.11. The molecule has 1 aliphatic carbocycles. The van der Waals surface area contributed by atoms with Crippen LogP contribution in [0.4, 0.5) is 0 Å². The number of hydrogen-bond donors (Lipinski definition) is 2. The summed E-state index contributed by atoms with van der Waals surface area (Å²) in [6.07, 6.45) is 7.30.